The van der Waals surface area contributed by atoms with Crippen molar-refractivity contribution in [3.8, 4) is 0 Å². The quantitative estimate of drug-likeness (QED) is 0.610. The van der Waals surface area contributed by atoms with Gasteiger partial charge in [-0.1, -0.05) is 20.3 Å². The van der Waals surface area contributed by atoms with E-state index >= 15 is 0 Å². The monoisotopic (exact) mass is 290 g/mol. The number of nitrogens with two attached hydrogens (primary N) is 1. The second-order valence-electron chi connectivity index (χ2n) is 9.23. The first kappa shape index (κ1) is 14.5. The van der Waals surface area contributed by atoms with Gasteiger partial charge in [0.1, 0.15) is 0 Å². The van der Waals surface area contributed by atoms with Crippen molar-refractivity contribution in [3.63, 3.8) is 0 Å². The highest BCUT2D eigenvalue weighted by molar-refractivity contribution is 5.03. The van der Waals surface area contributed by atoms with Crippen LogP contribution in [0.25, 0.3) is 0 Å². The highest BCUT2D eigenvalue weighted by Crippen LogP contribution is 2.58. The van der Waals surface area contributed by atoms with Gasteiger partial charge in [-0.15, -0.1) is 0 Å². The summed E-state index contributed by atoms with van der Waals surface area (Å²) in [6.45, 7) is 4.90. The molecule has 4 bridgehead atoms. The molecular weight excluding hydrogens is 256 g/mol. The Morgan fingerprint density at radius 2 is 1.43 bits per heavy atom. The van der Waals surface area contributed by atoms with E-state index < -0.39 is 0 Å². The van der Waals surface area contributed by atoms with Gasteiger partial charge in [-0.3, -0.25) is 11.3 Å². The van der Waals surface area contributed by atoms with Gasteiger partial charge in [0.05, 0.1) is 0 Å². The van der Waals surface area contributed by atoms with Crippen LogP contribution >= 0.6 is 0 Å². The van der Waals surface area contributed by atoms with Crippen molar-refractivity contribution >= 4 is 0 Å². The fourth-order valence-corrected chi connectivity index (χ4v) is 7.03. The number of nitrogens with one attached hydrogen (secondary N) is 1. The van der Waals surface area contributed by atoms with Gasteiger partial charge in [0.15, 0.2) is 0 Å². The number of rotatable bonds is 3. The summed E-state index contributed by atoms with van der Waals surface area (Å²) in [6, 6.07) is 0.606. The third-order valence-corrected chi connectivity index (χ3v) is 8.05. The minimum absolute atomic E-state index is 0.606. The van der Waals surface area contributed by atoms with Crippen LogP contribution < -0.4 is 11.3 Å². The molecule has 2 nitrogen and oxygen atoms in total. The van der Waals surface area contributed by atoms with Crippen LogP contribution in [0.5, 0.6) is 0 Å². The van der Waals surface area contributed by atoms with Gasteiger partial charge in [-0.2, -0.15) is 0 Å². The maximum Gasteiger partial charge on any atom is 0.0272 e. The molecule has 0 radical (unpaired) electrons. The van der Waals surface area contributed by atoms with Gasteiger partial charge < -0.3 is 0 Å². The van der Waals surface area contributed by atoms with E-state index in [0.717, 1.165) is 47.3 Å². The highest BCUT2D eigenvalue weighted by atomic mass is 15.2. The zero-order valence-electron chi connectivity index (χ0n) is 13.9. The van der Waals surface area contributed by atoms with Crippen LogP contribution in [0.3, 0.4) is 0 Å². The lowest BCUT2D eigenvalue weighted by Crippen LogP contribution is -2.57. The van der Waals surface area contributed by atoms with Crippen molar-refractivity contribution in [2.24, 2.45) is 53.2 Å². The lowest BCUT2D eigenvalue weighted by atomic mass is 9.49. The van der Waals surface area contributed by atoms with Crippen LogP contribution in [-0.4, -0.2) is 6.04 Å². The van der Waals surface area contributed by atoms with E-state index in [1.54, 1.807) is 6.42 Å². The summed E-state index contributed by atoms with van der Waals surface area (Å²) in [5, 5.41) is 0. The number of hydrogen-bond acceptors (Lipinski definition) is 2. The zero-order chi connectivity index (χ0) is 14.6. The van der Waals surface area contributed by atoms with Crippen molar-refractivity contribution in [1.82, 2.24) is 5.43 Å². The Morgan fingerprint density at radius 1 is 0.810 bits per heavy atom. The van der Waals surface area contributed by atoms with Crippen LogP contribution in [0.2, 0.25) is 0 Å². The number of hydrogen-bond donors (Lipinski definition) is 2. The van der Waals surface area contributed by atoms with E-state index in [9.17, 15) is 0 Å². The predicted octanol–water partition coefficient (Wildman–Crippen LogP) is 3.96. The van der Waals surface area contributed by atoms with E-state index in [0.29, 0.717) is 6.04 Å². The van der Waals surface area contributed by atoms with Crippen LogP contribution in [-0.2, 0) is 0 Å². The predicted molar refractivity (Wildman–Crippen MR) is 87.3 cm³/mol. The summed E-state index contributed by atoms with van der Waals surface area (Å²) in [4.78, 5) is 0. The maximum atomic E-state index is 6.11. The summed E-state index contributed by atoms with van der Waals surface area (Å²) in [7, 11) is 0. The molecule has 0 aromatic rings. The van der Waals surface area contributed by atoms with E-state index in [1.165, 1.54) is 44.9 Å². The highest BCUT2D eigenvalue weighted by Gasteiger charge is 2.51. The lowest BCUT2D eigenvalue weighted by molar-refractivity contribution is -0.0658. The molecule has 3 N–H and O–H groups in total. The van der Waals surface area contributed by atoms with Crippen LogP contribution in [0, 0.1) is 47.3 Å². The molecule has 0 amide bonds. The summed E-state index contributed by atoms with van der Waals surface area (Å²) in [5.41, 5.74) is 3.34. The second kappa shape index (κ2) is 5.53. The molecule has 5 aliphatic rings. The molecule has 0 spiro atoms. The normalized spacial score (nSPS) is 53.9. The average molecular weight is 290 g/mol. The molecule has 5 fully saturated rings. The van der Waals surface area contributed by atoms with E-state index in [2.05, 4.69) is 19.3 Å². The molecule has 21 heavy (non-hydrogen) atoms. The van der Waals surface area contributed by atoms with Crippen molar-refractivity contribution < 1.29 is 0 Å². The van der Waals surface area contributed by atoms with E-state index in [1.807, 2.05) is 0 Å². The van der Waals surface area contributed by atoms with Gasteiger partial charge in [-0.05, 0) is 92.3 Å². The fourth-order valence-electron chi connectivity index (χ4n) is 7.03. The summed E-state index contributed by atoms with van der Waals surface area (Å²) in [6.07, 6.45) is 11.9. The maximum absolute atomic E-state index is 6.11. The molecule has 2 heteroatoms. The van der Waals surface area contributed by atoms with E-state index in [-0.39, 0.29) is 0 Å². The van der Waals surface area contributed by atoms with Crippen LogP contribution in [0.1, 0.15) is 65.2 Å². The minimum Gasteiger partial charge on any atom is -0.271 e. The van der Waals surface area contributed by atoms with E-state index in [4.69, 9.17) is 5.84 Å². The summed E-state index contributed by atoms with van der Waals surface area (Å²) < 4.78 is 0. The SMILES string of the molecule is CC1CCC(C(NN)C2C3CC4CC(C3)CC2C4)CC1C. The van der Waals surface area contributed by atoms with Gasteiger partial charge >= 0.3 is 0 Å². The fraction of sp³-hybridized carbons (Fsp3) is 1.00. The molecule has 0 aromatic carbocycles. The smallest absolute Gasteiger partial charge is 0.0272 e. The Labute approximate surface area is 130 Å². The Balaban J connectivity index is 1.51. The first-order valence-corrected chi connectivity index (χ1v) is 9.61. The van der Waals surface area contributed by atoms with Gasteiger partial charge in [-0.25, -0.2) is 0 Å². The molecule has 5 rings (SSSR count). The molecular formula is C19H34N2. The van der Waals surface area contributed by atoms with Crippen molar-refractivity contribution in [2.75, 3.05) is 0 Å². The zero-order valence-corrected chi connectivity index (χ0v) is 13.9. The Bertz CT molecular complexity index is 352. The first-order chi connectivity index (χ1) is 10.2. The lowest BCUT2D eigenvalue weighted by Gasteiger charge is -2.57. The Morgan fingerprint density at radius 3 is 1.95 bits per heavy atom. The molecule has 4 unspecified atom stereocenters. The molecule has 0 heterocycles. The molecule has 5 aliphatic carbocycles. The van der Waals surface area contributed by atoms with Crippen LogP contribution in [0.15, 0.2) is 0 Å². The van der Waals surface area contributed by atoms with Crippen molar-refractivity contribution in [3.05, 3.63) is 0 Å². The first-order valence-electron chi connectivity index (χ1n) is 9.61. The average Bonchev–Trinajstić information content (AvgIpc) is 2.45. The van der Waals surface area contributed by atoms with Crippen LogP contribution in [0.4, 0.5) is 0 Å². The second-order valence-corrected chi connectivity index (χ2v) is 9.23. The molecule has 4 atom stereocenters. The number of hydrazine groups is 1. The molecule has 5 saturated carbocycles. The Hall–Kier alpha value is -0.0800. The largest absolute Gasteiger partial charge is 0.271 e. The molecule has 0 saturated heterocycles. The topological polar surface area (TPSA) is 38.0 Å². The minimum atomic E-state index is 0.606. The van der Waals surface area contributed by atoms with Gasteiger partial charge in [0.2, 0.25) is 0 Å². The van der Waals surface area contributed by atoms with Crippen molar-refractivity contribution in [1.29, 1.82) is 0 Å². The molecule has 120 valence electrons. The molecule has 0 aliphatic heterocycles. The third-order valence-electron chi connectivity index (χ3n) is 8.05. The van der Waals surface area contributed by atoms with Gasteiger partial charge in [0, 0.05) is 6.04 Å². The van der Waals surface area contributed by atoms with Crippen molar-refractivity contribution in [2.45, 2.75) is 71.3 Å². The molecule has 0 aromatic heterocycles. The summed E-state index contributed by atoms with van der Waals surface area (Å²) >= 11 is 0. The Kier molecular flexibility index (Phi) is 3.82. The third kappa shape index (κ3) is 2.47. The standard InChI is InChI=1S/C19H34N2/c1-11-3-4-15(5-12(11)2)19(21-20)18-16-7-13-6-14(9-16)10-17(18)8-13/h11-19,21H,3-10,20H2,1-2H3. The summed E-state index contributed by atoms with van der Waals surface area (Å²) in [5.74, 6) is 13.8. The van der Waals surface area contributed by atoms with Gasteiger partial charge in [0.25, 0.3) is 0 Å².